The lowest BCUT2D eigenvalue weighted by atomic mass is 10.1. The third kappa shape index (κ3) is 3.01. The van der Waals surface area contributed by atoms with E-state index in [-0.39, 0.29) is 5.56 Å². The van der Waals surface area contributed by atoms with Gasteiger partial charge in [0.05, 0.1) is 17.4 Å². The molecular formula is C15H11F3N4O. The summed E-state index contributed by atoms with van der Waals surface area (Å²) in [5.41, 5.74) is 1.09. The Morgan fingerprint density at radius 3 is 2.57 bits per heavy atom. The normalized spacial score (nSPS) is 11.7. The molecule has 0 saturated carbocycles. The van der Waals surface area contributed by atoms with Crippen LogP contribution < -0.4 is 5.32 Å². The molecule has 118 valence electrons. The third-order valence-electron chi connectivity index (χ3n) is 3.33. The number of anilines is 1. The molecule has 23 heavy (non-hydrogen) atoms. The van der Waals surface area contributed by atoms with Gasteiger partial charge in [0.1, 0.15) is 0 Å². The first-order valence-corrected chi connectivity index (χ1v) is 6.64. The van der Waals surface area contributed by atoms with Crippen molar-refractivity contribution in [3.05, 3.63) is 53.3 Å². The molecule has 0 atom stereocenters. The molecule has 0 unspecified atom stereocenters. The van der Waals surface area contributed by atoms with Gasteiger partial charge in [0, 0.05) is 16.6 Å². The van der Waals surface area contributed by atoms with Crippen LogP contribution in [-0.2, 0) is 6.18 Å². The number of halogens is 3. The van der Waals surface area contributed by atoms with Gasteiger partial charge in [0.25, 0.3) is 5.91 Å². The van der Waals surface area contributed by atoms with E-state index in [0.29, 0.717) is 11.3 Å². The van der Waals surface area contributed by atoms with Crippen molar-refractivity contribution < 1.29 is 18.0 Å². The number of aryl methyl sites for hydroxylation is 1. The number of pyridine rings is 1. The van der Waals surface area contributed by atoms with E-state index in [4.69, 9.17) is 0 Å². The van der Waals surface area contributed by atoms with Gasteiger partial charge in [-0.1, -0.05) is 0 Å². The summed E-state index contributed by atoms with van der Waals surface area (Å²) in [6, 6.07) is 5.71. The van der Waals surface area contributed by atoms with Crippen molar-refractivity contribution >= 4 is 22.6 Å². The Labute approximate surface area is 128 Å². The predicted octanol–water partition coefficient (Wildman–Crippen LogP) is 3.54. The zero-order valence-corrected chi connectivity index (χ0v) is 11.9. The van der Waals surface area contributed by atoms with Gasteiger partial charge >= 0.3 is 6.18 Å². The number of aromatic amines is 1. The Morgan fingerprint density at radius 1 is 1.22 bits per heavy atom. The first-order chi connectivity index (χ1) is 10.8. The average molecular weight is 320 g/mol. The molecule has 0 spiro atoms. The summed E-state index contributed by atoms with van der Waals surface area (Å²) in [7, 11) is 0. The topological polar surface area (TPSA) is 70.7 Å². The summed E-state index contributed by atoms with van der Waals surface area (Å²) in [6.07, 6.45) is -2.99. The lowest BCUT2D eigenvalue weighted by Crippen LogP contribution is -2.13. The molecule has 2 N–H and O–H groups in total. The van der Waals surface area contributed by atoms with Crippen LogP contribution in [0.25, 0.3) is 11.0 Å². The molecule has 0 fully saturated rings. The van der Waals surface area contributed by atoms with Crippen LogP contribution >= 0.6 is 0 Å². The van der Waals surface area contributed by atoms with Crippen molar-refractivity contribution in [2.24, 2.45) is 0 Å². The largest absolute Gasteiger partial charge is 0.416 e. The third-order valence-corrected chi connectivity index (χ3v) is 3.33. The van der Waals surface area contributed by atoms with E-state index >= 15 is 0 Å². The lowest BCUT2D eigenvalue weighted by molar-refractivity contribution is -0.137. The second-order valence-electron chi connectivity index (χ2n) is 4.97. The molecule has 1 amide bonds. The van der Waals surface area contributed by atoms with Gasteiger partial charge in [-0.3, -0.25) is 9.89 Å². The van der Waals surface area contributed by atoms with Gasteiger partial charge < -0.3 is 5.32 Å². The summed E-state index contributed by atoms with van der Waals surface area (Å²) in [6.45, 7) is 1.82. The van der Waals surface area contributed by atoms with Crippen molar-refractivity contribution in [1.29, 1.82) is 0 Å². The first-order valence-electron chi connectivity index (χ1n) is 6.64. The van der Waals surface area contributed by atoms with Crippen molar-refractivity contribution in [2.75, 3.05) is 5.32 Å². The maximum Gasteiger partial charge on any atom is 0.416 e. The summed E-state index contributed by atoms with van der Waals surface area (Å²) < 4.78 is 37.5. The zero-order valence-electron chi connectivity index (χ0n) is 11.9. The Balaban J connectivity index is 1.81. The molecule has 0 aliphatic rings. The molecule has 3 rings (SSSR count). The van der Waals surface area contributed by atoms with Crippen LogP contribution in [0.2, 0.25) is 0 Å². The molecule has 2 heterocycles. The van der Waals surface area contributed by atoms with Crippen LogP contribution in [0.5, 0.6) is 0 Å². The van der Waals surface area contributed by atoms with Crippen molar-refractivity contribution in [1.82, 2.24) is 15.2 Å². The molecule has 0 radical (unpaired) electrons. The molecule has 8 heteroatoms. The number of hydrogen-bond donors (Lipinski definition) is 2. The number of benzene rings is 1. The van der Waals surface area contributed by atoms with Crippen LogP contribution in [0.15, 0.2) is 36.5 Å². The molecular weight excluding hydrogens is 309 g/mol. The number of carbonyl (C=O) groups excluding carboxylic acids is 1. The number of aromatic nitrogens is 3. The number of fused-ring (bicyclic) bond motifs is 1. The fraction of sp³-hybridized carbons (Fsp3) is 0.133. The van der Waals surface area contributed by atoms with E-state index in [9.17, 15) is 18.0 Å². The number of hydrogen-bond acceptors (Lipinski definition) is 3. The van der Waals surface area contributed by atoms with Gasteiger partial charge in [-0.2, -0.15) is 18.3 Å². The van der Waals surface area contributed by atoms with E-state index < -0.39 is 17.6 Å². The highest BCUT2D eigenvalue weighted by atomic mass is 19.4. The van der Waals surface area contributed by atoms with Crippen molar-refractivity contribution in [3.8, 4) is 0 Å². The SMILES string of the molecule is Cc1[nH]nc2ncc(NC(=O)c3ccc(C(F)(F)F)cc3)cc12. The summed E-state index contributed by atoms with van der Waals surface area (Å²) >= 11 is 0. The number of nitrogens with one attached hydrogen (secondary N) is 2. The summed E-state index contributed by atoms with van der Waals surface area (Å²) in [5, 5.41) is 10.1. The number of amides is 1. The Morgan fingerprint density at radius 2 is 1.91 bits per heavy atom. The van der Waals surface area contributed by atoms with Crippen LogP contribution in [0.4, 0.5) is 18.9 Å². The van der Waals surface area contributed by atoms with Gasteiger partial charge in [-0.25, -0.2) is 4.98 Å². The zero-order chi connectivity index (χ0) is 16.6. The summed E-state index contributed by atoms with van der Waals surface area (Å²) in [5.74, 6) is -0.513. The second kappa shape index (κ2) is 5.38. The Kier molecular flexibility index (Phi) is 3.51. The first kappa shape index (κ1) is 15.0. The monoisotopic (exact) mass is 320 g/mol. The molecule has 5 nitrogen and oxygen atoms in total. The minimum atomic E-state index is -4.43. The standard InChI is InChI=1S/C15H11F3N4O/c1-8-12-6-11(7-19-13(12)22-21-8)20-14(23)9-2-4-10(5-3-9)15(16,17)18/h2-7H,1H3,(H,20,23)(H,19,21,22). The Bertz CT molecular complexity index is 869. The highest BCUT2D eigenvalue weighted by Crippen LogP contribution is 2.29. The highest BCUT2D eigenvalue weighted by Gasteiger charge is 2.30. The number of H-pyrrole nitrogens is 1. The number of carbonyl (C=O) groups is 1. The Hall–Kier alpha value is -2.90. The highest BCUT2D eigenvalue weighted by molar-refractivity contribution is 6.04. The maximum atomic E-state index is 12.5. The van der Waals surface area contributed by atoms with Crippen LogP contribution in [0.3, 0.4) is 0 Å². The van der Waals surface area contributed by atoms with Crippen LogP contribution in [-0.4, -0.2) is 21.1 Å². The number of nitrogens with zero attached hydrogens (tertiary/aromatic N) is 2. The number of alkyl halides is 3. The average Bonchev–Trinajstić information content (AvgIpc) is 2.88. The predicted molar refractivity (Wildman–Crippen MR) is 78.0 cm³/mol. The van der Waals surface area contributed by atoms with Gasteiger partial charge in [0.15, 0.2) is 5.65 Å². The van der Waals surface area contributed by atoms with E-state index in [0.717, 1.165) is 35.3 Å². The van der Waals surface area contributed by atoms with Gasteiger partial charge in [0.2, 0.25) is 0 Å². The van der Waals surface area contributed by atoms with Gasteiger partial charge in [-0.15, -0.1) is 0 Å². The molecule has 0 bridgehead atoms. The van der Waals surface area contributed by atoms with Crippen molar-refractivity contribution in [2.45, 2.75) is 13.1 Å². The van der Waals surface area contributed by atoms with E-state index in [1.165, 1.54) is 6.20 Å². The van der Waals surface area contributed by atoms with E-state index in [1.807, 2.05) is 6.92 Å². The van der Waals surface area contributed by atoms with Crippen molar-refractivity contribution in [3.63, 3.8) is 0 Å². The number of rotatable bonds is 2. The van der Waals surface area contributed by atoms with E-state index in [1.54, 1.807) is 6.07 Å². The van der Waals surface area contributed by atoms with E-state index in [2.05, 4.69) is 20.5 Å². The molecule has 0 aliphatic heterocycles. The fourth-order valence-corrected chi connectivity index (χ4v) is 2.10. The fourth-order valence-electron chi connectivity index (χ4n) is 2.10. The minimum absolute atomic E-state index is 0.127. The lowest BCUT2D eigenvalue weighted by Gasteiger charge is -2.08. The maximum absolute atomic E-state index is 12.5. The van der Waals surface area contributed by atoms with Gasteiger partial charge in [-0.05, 0) is 37.3 Å². The molecule has 1 aromatic carbocycles. The molecule has 3 aromatic rings. The molecule has 0 saturated heterocycles. The summed E-state index contributed by atoms with van der Waals surface area (Å²) in [4.78, 5) is 16.2. The smallest absolute Gasteiger partial charge is 0.321 e. The second-order valence-corrected chi connectivity index (χ2v) is 4.97. The molecule has 2 aromatic heterocycles. The molecule has 0 aliphatic carbocycles. The quantitative estimate of drug-likeness (QED) is 0.759. The minimum Gasteiger partial charge on any atom is -0.321 e. The van der Waals surface area contributed by atoms with Crippen LogP contribution in [0, 0.1) is 6.92 Å². The van der Waals surface area contributed by atoms with Crippen LogP contribution in [0.1, 0.15) is 21.6 Å².